The molecule has 1 aliphatic heterocycles. The van der Waals surface area contributed by atoms with Crippen molar-refractivity contribution in [3.05, 3.63) is 40.6 Å². The minimum atomic E-state index is -0.485. The average Bonchev–Trinajstić information content (AvgIpc) is 3.15. The van der Waals surface area contributed by atoms with Gasteiger partial charge in [-0.25, -0.2) is 9.78 Å². The number of ether oxygens (including phenoxy) is 1. The van der Waals surface area contributed by atoms with E-state index in [1.165, 1.54) is 0 Å². The first-order chi connectivity index (χ1) is 11.3. The first-order valence-electron chi connectivity index (χ1n) is 8.14. The Balaban J connectivity index is 1.78. The van der Waals surface area contributed by atoms with Crippen LogP contribution in [0.25, 0.3) is 11.4 Å². The fraction of sp³-hybridized carbons (Fsp3) is 0.444. The van der Waals surface area contributed by atoms with Crippen molar-refractivity contribution >= 4 is 22.0 Å². The lowest BCUT2D eigenvalue weighted by Crippen LogP contribution is -2.36. The van der Waals surface area contributed by atoms with Crippen LogP contribution in [0.1, 0.15) is 45.3 Å². The van der Waals surface area contributed by atoms with Gasteiger partial charge in [-0.3, -0.25) is 4.90 Å². The minimum Gasteiger partial charge on any atom is -0.444 e. The van der Waals surface area contributed by atoms with Gasteiger partial charge in [-0.1, -0.05) is 28.1 Å². The molecule has 1 amide bonds. The summed E-state index contributed by atoms with van der Waals surface area (Å²) in [6, 6.07) is 7.98. The Morgan fingerprint density at radius 2 is 2.04 bits per heavy atom. The molecule has 1 saturated heterocycles. The second-order valence-electron chi connectivity index (χ2n) is 7.03. The molecule has 0 aliphatic carbocycles. The summed E-state index contributed by atoms with van der Waals surface area (Å²) < 4.78 is 6.56. The van der Waals surface area contributed by atoms with Crippen LogP contribution >= 0.6 is 15.9 Å². The van der Waals surface area contributed by atoms with E-state index in [4.69, 9.17) is 4.74 Å². The standard InChI is InChI=1S/C18H22BrN3O2/c1-18(2,3)24-17(23)22-10-4-5-15(22)14-11-20-16(21-14)12-6-8-13(19)9-7-12/h6-9,11,15H,4-5,10H2,1-3H3,(H,20,21)/t15-/m1/s1. The number of nitrogens with one attached hydrogen (secondary N) is 1. The number of hydrogen-bond donors (Lipinski definition) is 1. The van der Waals surface area contributed by atoms with Crippen LogP contribution in [0.5, 0.6) is 0 Å². The van der Waals surface area contributed by atoms with Gasteiger partial charge in [0, 0.05) is 16.6 Å². The van der Waals surface area contributed by atoms with Crippen LogP contribution in [0.15, 0.2) is 34.9 Å². The van der Waals surface area contributed by atoms with E-state index in [-0.39, 0.29) is 12.1 Å². The van der Waals surface area contributed by atoms with Crippen molar-refractivity contribution in [2.24, 2.45) is 0 Å². The molecule has 2 aromatic rings. The molecule has 24 heavy (non-hydrogen) atoms. The zero-order chi connectivity index (χ0) is 17.3. The van der Waals surface area contributed by atoms with E-state index in [1.807, 2.05) is 51.2 Å². The maximum atomic E-state index is 12.4. The number of carbonyl (C=O) groups excluding carboxylic acids is 1. The molecule has 0 unspecified atom stereocenters. The Morgan fingerprint density at radius 3 is 2.71 bits per heavy atom. The second-order valence-corrected chi connectivity index (χ2v) is 7.94. The van der Waals surface area contributed by atoms with Gasteiger partial charge in [0.25, 0.3) is 0 Å². The van der Waals surface area contributed by atoms with Gasteiger partial charge in [0.15, 0.2) is 0 Å². The molecule has 1 atom stereocenters. The number of aromatic amines is 1. The Morgan fingerprint density at radius 1 is 1.33 bits per heavy atom. The van der Waals surface area contributed by atoms with Gasteiger partial charge in [-0.05, 0) is 45.7 Å². The molecule has 1 aromatic heterocycles. The van der Waals surface area contributed by atoms with Crippen molar-refractivity contribution in [3.63, 3.8) is 0 Å². The number of rotatable bonds is 2. The van der Waals surface area contributed by atoms with Crippen LogP contribution < -0.4 is 0 Å². The van der Waals surface area contributed by atoms with Gasteiger partial charge in [-0.2, -0.15) is 0 Å². The van der Waals surface area contributed by atoms with Crippen molar-refractivity contribution in [1.82, 2.24) is 14.9 Å². The smallest absolute Gasteiger partial charge is 0.410 e. The molecule has 3 rings (SSSR count). The van der Waals surface area contributed by atoms with E-state index in [1.54, 1.807) is 4.90 Å². The van der Waals surface area contributed by atoms with Crippen LogP contribution in [0, 0.1) is 0 Å². The largest absolute Gasteiger partial charge is 0.444 e. The lowest BCUT2D eigenvalue weighted by Gasteiger charge is -2.28. The third-order valence-corrected chi connectivity index (χ3v) is 4.48. The lowest BCUT2D eigenvalue weighted by molar-refractivity contribution is 0.0222. The van der Waals surface area contributed by atoms with E-state index >= 15 is 0 Å². The SMILES string of the molecule is CC(C)(C)OC(=O)N1CCC[C@@H]1c1cnc(-c2ccc(Br)cc2)[nH]1. The normalized spacial score (nSPS) is 18.0. The number of hydrogen-bond acceptors (Lipinski definition) is 3. The number of carbonyl (C=O) groups is 1. The number of halogens is 1. The molecule has 5 nitrogen and oxygen atoms in total. The van der Waals surface area contributed by atoms with E-state index in [0.717, 1.165) is 34.4 Å². The summed E-state index contributed by atoms with van der Waals surface area (Å²) in [5, 5.41) is 0. The van der Waals surface area contributed by atoms with Crippen LogP contribution in [0.4, 0.5) is 4.79 Å². The molecule has 1 N–H and O–H groups in total. The fourth-order valence-electron chi connectivity index (χ4n) is 2.89. The van der Waals surface area contributed by atoms with E-state index in [2.05, 4.69) is 25.9 Å². The Hall–Kier alpha value is -1.82. The third-order valence-electron chi connectivity index (χ3n) is 3.95. The van der Waals surface area contributed by atoms with Crippen molar-refractivity contribution in [2.45, 2.75) is 45.3 Å². The minimum absolute atomic E-state index is 0.00320. The predicted octanol–water partition coefficient (Wildman–Crippen LogP) is 4.91. The Kier molecular flexibility index (Phi) is 4.67. The second kappa shape index (κ2) is 6.59. The number of nitrogens with zero attached hydrogens (tertiary/aromatic N) is 2. The number of H-pyrrole nitrogens is 1. The van der Waals surface area contributed by atoms with Crippen LogP contribution in [-0.4, -0.2) is 33.1 Å². The van der Waals surface area contributed by atoms with Crippen molar-refractivity contribution in [3.8, 4) is 11.4 Å². The zero-order valence-electron chi connectivity index (χ0n) is 14.2. The number of imidazole rings is 1. The quantitative estimate of drug-likeness (QED) is 0.790. The van der Waals surface area contributed by atoms with Gasteiger partial charge in [0.1, 0.15) is 11.4 Å². The summed E-state index contributed by atoms with van der Waals surface area (Å²) in [7, 11) is 0. The van der Waals surface area contributed by atoms with E-state index in [0.29, 0.717) is 6.54 Å². The van der Waals surface area contributed by atoms with Crippen LogP contribution in [0.3, 0.4) is 0 Å². The molecule has 1 fully saturated rings. The third kappa shape index (κ3) is 3.80. The molecular weight excluding hydrogens is 370 g/mol. The van der Waals surface area contributed by atoms with Crippen molar-refractivity contribution in [2.75, 3.05) is 6.54 Å². The van der Waals surface area contributed by atoms with Gasteiger partial charge < -0.3 is 9.72 Å². The molecule has 0 bridgehead atoms. The molecule has 6 heteroatoms. The van der Waals surface area contributed by atoms with Gasteiger partial charge in [0.2, 0.25) is 0 Å². The molecule has 0 radical (unpaired) electrons. The highest BCUT2D eigenvalue weighted by atomic mass is 79.9. The maximum absolute atomic E-state index is 12.4. The Bertz CT molecular complexity index is 719. The lowest BCUT2D eigenvalue weighted by atomic mass is 10.1. The number of amides is 1. The first-order valence-corrected chi connectivity index (χ1v) is 8.93. The topological polar surface area (TPSA) is 58.2 Å². The van der Waals surface area contributed by atoms with Crippen molar-refractivity contribution < 1.29 is 9.53 Å². The molecular formula is C18H22BrN3O2. The molecule has 1 aliphatic rings. The van der Waals surface area contributed by atoms with Crippen LogP contribution in [-0.2, 0) is 4.74 Å². The molecule has 0 saturated carbocycles. The molecule has 1 aromatic carbocycles. The predicted molar refractivity (Wildman–Crippen MR) is 96.6 cm³/mol. The Labute approximate surface area is 150 Å². The summed E-state index contributed by atoms with van der Waals surface area (Å²) in [5.41, 5.74) is 1.49. The van der Waals surface area contributed by atoms with E-state index < -0.39 is 5.60 Å². The van der Waals surface area contributed by atoms with E-state index in [9.17, 15) is 4.79 Å². The first kappa shape index (κ1) is 17.0. The summed E-state index contributed by atoms with van der Waals surface area (Å²) in [5.74, 6) is 0.813. The number of likely N-dealkylation sites (tertiary alicyclic amines) is 1. The van der Waals surface area contributed by atoms with Gasteiger partial charge in [0.05, 0.1) is 17.9 Å². The summed E-state index contributed by atoms with van der Waals surface area (Å²) in [6.45, 7) is 6.37. The highest BCUT2D eigenvalue weighted by Crippen LogP contribution is 2.33. The number of benzene rings is 1. The molecule has 2 heterocycles. The summed E-state index contributed by atoms with van der Waals surface area (Å²) >= 11 is 3.44. The van der Waals surface area contributed by atoms with Crippen LogP contribution in [0.2, 0.25) is 0 Å². The van der Waals surface area contributed by atoms with Gasteiger partial charge >= 0.3 is 6.09 Å². The maximum Gasteiger partial charge on any atom is 0.410 e. The summed E-state index contributed by atoms with van der Waals surface area (Å²) in [6.07, 6.45) is 3.45. The number of aromatic nitrogens is 2. The fourth-order valence-corrected chi connectivity index (χ4v) is 3.15. The molecule has 0 spiro atoms. The summed E-state index contributed by atoms with van der Waals surface area (Å²) in [4.78, 5) is 22.1. The highest BCUT2D eigenvalue weighted by molar-refractivity contribution is 9.10. The monoisotopic (exact) mass is 391 g/mol. The highest BCUT2D eigenvalue weighted by Gasteiger charge is 2.34. The van der Waals surface area contributed by atoms with Crippen molar-refractivity contribution in [1.29, 1.82) is 0 Å². The zero-order valence-corrected chi connectivity index (χ0v) is 15.8. The average molecular weight is 392 g/mol. The van der Waals surface area contributed by atoms with Gasteiger partial charge in [-0.15, -0.1) is 0 Å². The molecule has 128 valence electrons.